The number of methoxy groups -OCH3 is 1. The second-order valence-electron chi connectivity index (χ2n) is 5.41. The highest BCUT2D eigenvalue weighted by molar-refractivity contribution is 5.88. The van der Waals surface area contributed by atoms with Gasteiger partial charge in [-0.2, -0.15) is 5.26 Å². The van der Waals surface area contributed by atoms with Gasteiger partial charge in [-0.05, 0) is 25.0 Å². The summed E-state index contributed by atoms with van der Waals surface area (Å²) in [5.41, 5.74) is -0.774. The van der Waals surface area contributed by atoms with Crippen LogP contribution in [0.25, 0.3) is 0 Å². The van der Waals surface area contributed by atoms with Crippen LogP contribution in [-0.2, 0) is 9.59 Å². The predicted molar refractivity (Wildman–Crippen MR) is 80.2 cm³/mol. The maximum absolute atomic E-state index is 12.0. The lowest BCUT2D eigenvalue weighted by Gasteiger charge is -2.25. The van der Waals surface area contributed by atoms with Crippen molar-refractivity contribution in [1.82, 2.24) is 5.32 Å². The van der Waals surface area contributed by atoms with E-state index in [9.17, 15) is 14.7 Å². The molecule has 0 heterocycles. The van der Waals surface area contributed by atoms with E-state index < -0.39 is 17.4 Å². The van der Waals surface area contributed by atoms with Crippen molar-refractivity contribution < 1.29 is 24.2 Å². The molecule has 1 fully saturated rings. The lowest BCUT2D eigenvalue weighted by molar-refractivity contribution is -0.147. The van der Waals surface area contributed by atoms with Crippen LogP contribution in [0.5, 0.6) is 11.5 Å². The molecule has 2 N–H and O–H groups in total. The van der Waals surface area contributed by atoms with Crippen molar-refractivity contribution in [3.05, 3.63) is 23.8 Å². The number of nitrogens with zero attached hydrogens (tertiary/aromatic N) is 1. The van der Waals surface area contributed by atoms with E-state index in [-0.39, 0.29) is 6.61 Å². The molecule has 0 unspecified atom stereocenters. The first-order valence-corrected chi connectivity index (χ1v) is 7.26. The van der Waals surface area contributed by atoms with Crippen LogP contribution in [0.3, 0.4) is 0 Å². The van der Waals surface area contributed by atoms with E-state index in [0.717, 1.165) is 12.8 Å². The first-order valence-electron chi connectivity index (χ1n) is 7.26. The molecule has 0 spiro atoms. The second-order valence-corrected chi connectivity index (χ2v) is 5.41. The topological polar surface area (TPSA) is 109 Å². The number of nitriles is 1. The van der Waals surface area contributed by atoms with E-state index in [0.29, 0.717) is 29.9 Å². The monoisotopic (exact) mass is 318 g/mol. The first-order chi connectivity index (χ1) is 11.0. The molecule has 0 atom stereocenters. The Morgan fingerprint density at radius 2 is 2.04 bits per heavy atom. The third kappa shape index (κ3) is 3.72. The quantitative estimate of drug-likeness (QED) is 0.822. The Hall–Kier alpha value is -2.75. The maximum atomic E-state index is 12.0. The van der Waals surface area contributed by atoms with Crippen molar-refractivity contribution in [2.75, 3.05) is 13.7 Å². The normalized spacial score (nSPS) is 15.5. The molecule has 0 aliphatic heterocycles. The summed E-state index contributed by atoms with van der Waals surface area (Å²) < 4.78 is 10.5. The highest BCUT2D eigenvalue weighted by atomic mass is 16.5. The van der Waals surface area contributed by atoms with Gasteiger partial charge in [-0.15, -0.1) is 0 Å². The average molecular weight is 318 g/mol. The van der Waals surface area contributed by atoms with Crippen LogP contribution in [0.2, 0.25) is 0 Å². The van der Waals surface area contributed by atoms with Crippen LogP contribution in [0.4, 0.5) is 0 Å². The average Bonchev–Trinajstić information content (AvgIpc) is 3.02. The van der Waals surface area contributed by atoms with Gasteiger partial charge in [0.25, 0.3) is 5.91 Å². The number of hydrogen-bond donors (Lipinski definition) is 2. The Balaban J connectivity index is 1.99. The number of ether oxygens (including phenoxy) is 2. The number of rotatable bonds is 6. The van der Waals surface area contributed by atoms with Crippen molar-refractivity contribution in [3.63, 3.8) is 0 Å². The van der Waals surface area contributed by atoms with Gasteiger partial charge in [0, 0.05) is 6.07 Å². The fourth-order valence-corrected chi connectivity index (χ4v) is 2.67. The van der Waals surface area contributed by atoms with Crippen LogP contribution in [0.1, 0.15) is 31.2 Å². The molecule has 122 valence electrons. The Kier molecular flexibility index (Phi) is 5.06. The van der Waals surface area contributed by atoms with Gasteiger partial charge >= 0.3 is 5.97 Å². The van der Waals surface area contributed by atoms with Crippen molar-refractivity contribution in [3.8, 4) is 17.6 Å². The summed E-state index contributed by atoms with van der Waals surface area (Å²) in [7, 11) is 1.43. The van der Waals surface area contributed by atoms with Crippen molar-refractivity contribution >= 4 is 11.9 Å². The molecule has 1 aromatic carbocycles. The van der Waals surface area contributed by atoms with Crippen molar-refractivity contribution in [2.45, 2.75) is 31.2 Å². The number of carboxylic acid groups (broad SMARTS) is 1. The molecule has 1 aliphatic rings. The summed E-state index contributed by atoms with van der Waals surface area (Å²) in [5.74, 6) is -0.858. The summed E-state index contributed by atoms with van der Waals surface area (Å²) in [6.45, 7) is -0.322. The lowest BCUT2D eigenvalue weighted by Crippen LogP contribution is -2.53. The first kappa shape index (κ1) is 16.6. The molecule has 0 radical (unpaired) electrons. The fraction of sp³-hybridized carbons (Fsp3) is 0.438. The smallest absolute Gasteiger partial charge is 0.329 e. The summed E-state index contributed by atoms with van der Waals surface area (Å²) in [5, 5.41) is 20.7. The minimum atomic E-state index is -1.19. The maximum Gasteiger partial charge on any atom is 0.329 e. The molecule has 23 heavy (non-hydrogen) atoms. The molecule has 0 bridgehead atoms. The molecule has 1 aliphatic carbocycles. The van der Waals surface area contributed by atoms with Gasteiger partial charge in [0.2, 0.25) is 0 Å². The van der Waals surface area contributed by atoms with E-state index >= 15 is 0 Å². The lowest BCUT2D eigenvalue weighted by atomic mass is 9.98. The number of carbonyl (C=O) groups excluding carboxylic acids is 1. The minimum Gasteiger partial charge on any atom is -0.493 e. The number of benzene rings is 1. The molecule has 1 amide bonds. The predicted octanol–water partition coefficient (Wildman–Crippen LogP) is 1.46. The van der Waals surface area contributed by atoms with E-state index in [1.54, 1.807) is 6.07 Å². The Bertz CT molecular complexity index is 644. The van der Waals surface area contributed by atoms with Crippen molar-refractivity contribution in [2.24, 2.45) is 0 Å². The zero-order valence-corrected chi connectivity index (χ0v) is 12.8. The number of nitrogens with one attached hydrogen (secondary N) is 1. The molecule has 1 aromatic rings. The molecular formula is C16H18N2O5. The number of hydrogen-bond acceptors (Lipinski definition) is 5. The van der Waals surface area contributed by atoms with Gasteiger partial charge in [-0.1, -0.05) is 12.8 Å². The number of carbonyl (C=O) groups is 2. The molecular weight excluding hydrogens is 300 g/mol. The molecule has 0 saturated heterocycles. The van der Waals surface area contributed by atoms with Crippen LogP contribution >= 0.6 is 0 Å². The van der Waals surface area contributed by atoms with Gasteiger partial charge in [0.1, 0.15) is 5.54 Å². The summed E-state index contributed by atoms with van der Waals surface area (Å²) in [6.07, 6.45) is 2.40. The molecule has 7 nitrogen and oxygen atoms in total. The number of carboxylic acids is 1. The van der Waals surface area contributed by atoms with Crippen LogP contribution < -0.4 is 14.8 Å². The Morgan fingerprint density at radius 3 is 2.61 bits per heavy atom. The zero-order chi connectivity index (χ0) is 16.9. The standard InChI is InChI=1S/C16H18N2O5/c1-22-13-8-11(9-17)4-5-12(13)23-10-14(19)18-16(15(20)21)6-2-3-7-16/h4-5,8H,2-3,6-7,10H2,1H3,(H,18,19)(H,20,21). The van der Waals surface area contributed by atoms with Gasteiger partial charge in [-0.25, -0.2) is 4.79 Å². The molecule has 1 saturated carbocycles. The third-order valence-corrected chi connectivity index (χ3v) is 3.90. The third-order valence-electron chi connectivity index (χ3n) is 3.90. The van der Waals surface area contributed by atoms with E-state index in [1.807, 2.05) is 6.07 Å². The van der Waals surface area contributed by atoms with Crippen LogP contribution in [-0.4, -0.2) is 36.2 Å². The fourth-order valence-electron chi connectivity index (χ4n) is 2.67. The van der Waals surface area contributed by atoms with E-state index in [2.05, 4.69) is 5.32 Å². The summed E-state index contributed by atoms with van der Waals surface area (Å²) in [4.78, 5) is 23.4. The van der Waals surface area contributed by atoms with Gasteiger partial charge in [0.05, 0.1) is 18.7 Å². The minimum absolute atomic E-state index is 0.317. The highest BCUT2D eigenvalue weighted by Crippen LogP contribution is 2.30. The molecule has 7 heteroatoms. The van der Waals surface area contributed by atoms with Crippen LogP contribution in [0, 0.1) is 11.3 Å². The second kappa shape index (κ2) is 7.01. The molecule has 2 rings (SSSR count). The van der Waals surface area contributed by atoms with E-state index in [4.69, 9.17) is 14.7 Å². The van der Waals surface area contributed by atoms with E-state index in [1.165, 1.54) is 19.2 Å². The van der Waals surface area contributed by atoms with Gasteiger partial charge in [0.15, 0.2) is 18.1 Å². The summed E-state index contributed by atoms with van der Waals surface area (Å²) >= 11 is 0. The number of aliphatic carboxylic acids is 1. The Labute approximate surface area is 133 Å². The SMILES string of the molecule is COc1cc(C#N)ccc1OCC(=O)NC1(C(=O)O)CCCC1. The Morgan fingerprint density at radius 1 is 1.35 bits per heavy atom. The van der Waals surface area contributed by atoms with Gasteiger partial charge in [-0.3, -0.25) is 4.79 Å². The molecule has 0 aromatic heterocycles. The summed E-state index contributed by atoms with van der Waals surface area (Å²) in [6, 6.07) is 6.56. The number of amides is 1. The largest absolute Gasteiger partial charge is 0.493 e. The zero-order valence-electron chi connectivity index (χ0n) is 12.8. The van der Waals surface area contributed by atoms with Crippen molar-refractivity contribution in [1.29, 1.82) is 5.26 Å². The van der Waals surface area contributed by atoms with Gasteiger partial charge < -0.3 is 19.9 Å². The van der Waals surface area contributed by atoms with Crippen LogP contribution in [0.15, 0.2) is 18.2 Å². The highest BCUT2D eigenvalue weighted by Gasteiger charge is 2.42.